The summed E-state index contributed by atoms with van der Waals surface area (Å²) in [5.74, 6) is 1.22. The number of nitriles is 1. The first-order valence-corrected chi connectivity index (χ1v) is 51.8. The zero-order valence-corrected chi connectivity index (χ0v) is 81.7. The van der Waals surface area contributed by atoms with Crippen LogP contribution in [-0.4, -0.2) is 176 Å². The van der Waals surface area contributed by atoms with Crippen LogP contribution in [0.15, 0.2) is 159 Å². The zero-order valence-electron chi connectivity index (χ0n) is 80.1. The molecule has 2 saturated carbocycles. The van der Waals surface area contributed by atoms with E-state index in [-0.39, 0.29) is 103 Å². The fraction of sp³-hybridized carbons (Fsp3) is 0.495. The second-order valence-electron chi connectivity index (χ2n) is 37.8. The van der Waals surface area contributed by atoms with Crippen molar-refractivity contribution in [2.24, 2.45) is 29.6 Å². The topological polar surface area (TPSA) is 343 Å². The highest BCUT2D eigenvalue weighted by Gasteiger charge is 2.43. The number of nitrogens with one attached hydrogen (secondary N) is 5. The highest BCUT2D eigenvalue weighted by atomic mass is 32.2. The maximum atomic E-state index is 15.6. The standard InChI is InChI=1S/C25H30F4N8.C25H29F4N5.C25H29F3N4O4S.C24H23F6N5O3S/c26-22-23(30-14-17-6-4-16(5-7-17)13-21-33-35-36-34-21)31-15-32-24(22)37-12-2-1-3-20(37)18-8-10-19(11-9-18)25(27,28)29;26-22-23(31-15-18-6-4-17(5-7-18)12-13-30)32-16-33-24(22)34-14-2-1-3-21(34)19-8-10-20(11-9-19)25(27,28)29;1-37(33,34)32-11-6-17(7-12-32)14-31-10-8-21-23(29-16-30-24(21)31)20-9-13-35-15-22(20)18-2-4-19(5-3-18)36-25(26,27)28;1-23(26,27)39(36,37)34-18-8-2-15(3-9-18)12-31-21-20(25)22(33-14-32-21)35-10-11-38-13-19(35)16-4-6-17(7-5-16)24(28,29)30/h8-11,15-17,20H,1-7,12-14H2,(H,30,31,32)(H,33,34,35,36);8-11,16-18,21H,1-7,12,14-15H2,(H,31,32,33);2-5,8,10,16-17,20,22H,6-7,9,11-15H2,1H3;2-9,14,19,34H,10-13H2,1H3,(H,31,32,33). The number of aromatic amines is 1. The zero-order chi connectivity index (χ0) is 105. The number of anilines is 7. The second kappa shape index (κ2) is 47.8. The molecule has 5 aliphatic heterocycles. The summed E-state index contributed by atoms with van der Waals surface area (Å²) in [4.78, 5) is 39.2. The first kappa shape index (κ1) is 109. The predicted molar refractivity (Wildman–Crippen MR) is 513 cm³/mol. The van der Waals surface area contributed by atoms with Crippen LogP contribution in [0.2, 0.25) is 0 Å². The largest absolute Gasteiger partial charge is 0.573 e. The summed E-state index contributed by atoms with van der Waals surface area (Å²) < 4.78 is 295. The molecule has 5 unspecified atom stereocenters. The molecule has 11 aromatic rings. The van der Waals surface area contributed by atoms with E-state index in [2.05, 4.69) is 91.8 Å². The molecule has 29 nitrogen and oxygen atoms in total. The van der Waals surface area contributed by atoms with E-state index >= 15 is 13.2 Å². The monoisotopic (exact) mass is 2110 g/mol. The van der Waals surface area contributed by atoms with E-state index in [4.69, 9.17) is 14.7 Å². The average Bonchev–Trinajstić information content (AvgIpc) is 1.52. The van der Waals surface area contributed by atoms with Gasteiger partial charge in [0.2, 0.25) is 27.5 Å². The van der Waals surface area contributed by atoms with Crippen molar-refractivity contribution in [2.45, 2.75) is 202 Å². The van der Waals surface area contributed by atoms with Crippen molar-refractivity contribution in [1.82, 2.24) is 69.4 Å². The van der Waals surface area contributed by atoms with Crippen LogP contribution in [0.1, 0.15) is 208 Å². The molecule has 11 heterocycles. The minimum atomic E-state index is -4.90. The molecule has 147 heavy (non-hydrogen) atoms. The normalized spacial score (nSPS) is 21.2. The Hall–Kier alpha value is -12.5. The summed E-state index contributed by atoms with van der Waals surface area (Å²) in [5.41, 5.74) is 2.83. The van der Waals surface area contributed by atoms with Crippen LogP contribution in [0.5, 0.6) is 5.75 Å². The number of benzene rings is 5. The smallest absolute Gasteiger partial charge is 0.406 e. The lowest BCUT2D eigenvalue weighted by Crippen LogP contribution is -2.40. The number of aromatic nitrogens is 13. The maximum Gasteiger partial charge on any atom is 0.573 e. The summed E-state index contributed by atoms with van der Waals surface area (Å²) in [5, 5.41) is 29.2. The first-order chi connectivity index (χ1) is 70.1. The average molecular weight is 2110 g/mol. The summed E-state index contributed by atoms with van der Waals surface area (Å²) in [6.45, 7) is 6.08. The van der Waals surface area contributed by atoms with Crippen LogP contribution in [0.3, 0.4) is 0 Å². The molecule has 6 aromatic heterocycles. The maximum absolute atomic E-state index is 15.6. The van der Waals surface area contributed by atoms with Crippen molar-refractivity contribution in [1.29, 1.82) is 5.26 Å². The molecule has 7 fully saturated rings. The fourth-order valence-corrected chi connectivity index (χ4v) is 21.4. The Kier molecular flexibility index (Phi) is 35.3. The molecule has 0 radical (unpaired) electrons. The summed E-state index contributed by atoms with van der Waals surface area (Å²) in [6.07, 6.45) is 7.52. The number of alkyl halides is 14. The van der Waals surface area contributed by atoms with Gasteiger partial charge in [-0.1, -0.05) is 65.9 Å². The predicted octanol–water partition coefficient (Wildman–Crippen LogP) is 21.3. The van der Waals surface area contributed by atoms with E-state index in [1.807, 2.05) is 22.1 Å². The third-order valence-corrected chi connectivity index (χ3v) is 30.6. The van der Waals surface area contributed by atoms with Crippen LogP contribution >= 0.6 is 0 Å². The second-order valence-corrected chi connectivity index (χ2v) is 41.7. The van der Waals surface area contributed by atoms with Gasteiger partial charge in [-0.25, -0.2) is 61.0 Å². The van der Waals surface area contributed by atoms with Gasteiger partial charge in [-0.05, 0) is 233 Å². The van der Waals surface area contributed by atoms with E-state index in [0.29, 0.717) is 118 Å². The van der Waals surface area contributed by atoms with Crippen LogP contribution in [-0.2, 0) is 67.6 Å². The van der Waals surface area contributed by atoms with Crippen molar-refractivity contribution < 1.29 is 106 Å². The Morgan fingerprint density at radius 2 is 0.946 bits per heavy atom. The highest BCUT2D eigenvalue weighted by molar-refractivity contribution is 7.93. The Morgan fingerprint density at radius 3 is 1.42 bits per heavy atom. The number of ether oxygens (including phenoxy) is 3. The number of rotatable bonds is 27. The number of hydrogen-bond donors (Lipinski definition) is 5. The Morgan fingerprint density at radius 1 is 0.476 bits per heavy atom. The Labute approximate surface area is 837 Å². The van der Waals surface area contributed by atoms with Crippen LogP contribution in [0, 0.1) is 58.4 Å². The van der Waals surface area contributed by atoms with Gasteiger partial charge >= 0.3 is 30.1 Å². The number of piperidine rings is 3. The van der Waals surface area contributed by atoms with Crippen molar-refractivity contribution >= 4 is 71.7 Å². The van der Waals surface area contributed by atoms with E-state index in [0.717, 1.165) is 186 Å². The molecular weight excluding hydrogens is 2000 g/mol. The third-order valence-electron chi connectivity index (χ3n) is 27.9. The third kappa shape index (κ3) is 28.5. The molecule has 48 heteroatoms. The Bertz CT molecular complexity index is 6420. The number of tetrazole rings is 1. The number of halogens is 17. The lowest BCUT2D eigenvalue weighted by Gasteiger charge is -2.37. The SMILES string of the molecule is CC(F)(F)S(=O)(=O)Nc1ccc(CNc2ncnc(N3CCOCC3c3ccc(C(F)(F)F)cc3)c2F)cc1.CS(=O)(=O)N1CCC(Cn2ccc3c(C4CCOCC4c4ccc(OC(F)(F)F)cc4)ncnc32)CC1.Fc1c(NCC2CCC(Cc3nn[nH]n3)CC2)ncnc1N1CCCCC1c1ccc(C(F)(F)F)cc1.N#CCC1CCC(CNc2ncnc(N3CCCCC3c3ccc(C(F)(F)F)cc3)c2F)CC1. The molecule has 18 rings (SSSR count). The minimum Gasteiger partial charge on any atom is -0.406 e. The van der Waals surface area contributed by atoms with Gasteiger partial charge in [0.25, 0.3) is 10.0 Å². The molecule has 0 bridgehead atoms. The van der Waals surface area contributed by atoms with Crippen molar-refractivity contribution in [3.8, 4) is 11.8 Å². The van der Waals surface area contributed by atoms with Crippen molar-refractivity contribution in [3.63, 3.8) is 0 Å². The van der Waals surface area contributed by atoms with Gasteiger partial charge in [0.05, 0.1) is 72.7 Å². The minimum absolute atomic E-state index is 0.0162. The van der Waals surface area contributed by atoms with Gasteiger partial charge in [-0.3, -0.25) is 4.72 Å². The van der Waals surface area contributed by atoms with E-state index < -0.39 is 90.4 Å². The van der Waals surface area contributed by atoms with Gasteiger partial charge in [0.15, 0.2) is 40.7 Å². The van der Waals surface area contributed by atoms with Crippen molar-refractivity contribution in [2.75, 3.05) is 114 Å². The lowest BCUT2D eigenvalue weighted by atomic mass is 9.80. The van der Waals surface area contributed by atoms with Gasteiger partial charge in [0, 0.05) is 114 Å². The molecular formula is C99H111F17N22O7S2. The molecule has 790 valence electrons. The lowest BCUT2D eigenvalue weighted by molar-refractivity contribution is -0.274. The van der Waals surface area contributed by atoms with Gasteiger partial charge in [0.1, 0.15) is 36.7 Å². The number of nitrogens with zero attached hydrogens (tertiary/aromatic N) is 17. The summed E-state index contributed by atoms with van der Waals surface area (Å²) in [6, 6.07) is 29.4. The summed E-state index contributed by atoms with van der Waals surface area (Å²) in [7, 11) is -8.07. The molecule has 7 aliphatic rings. The van der Waals surface area contributed by atoms with Crippen LogP contribution in [0.25, 0.3) is 11.0 Å². The first-order valence-electron chi connectivity index (χ1n) is 48.5. The van der Waals surface area contributed by atoms with Gasteiger partial charge < -0.3 is 49.4 Å². The molecule has 5 aromatic carbocycles. The van der Waals surface area contributed by atoms with Gasteiger partial charge in [-0.2, -0.15) is 71.9 Å². The van der Waals surface area contributed by atoms with E-state index in [1.165, 1.54) is 96.0 Å². The summed E-state index contributed by atoms with van der Waals surface area (Å²) >= 11 is 0. The van der Waals surface area contributed by atoms with Crippen LogP contribution in [0.4, 0.5) is 115 Å². The molecule has 5 atom stereocenters. The molecule has 5 N–H and O–H groups in total. The van der Waals surface area contributed by atoms with E-state index in [1.54, 1.807) is 28.1 Å². The molecule has 0 spiro atoms. The van der Waals surface area contributed by atoms with E-state index in [9.17, 15) is 78.3 Å². The Balaban J connectivity index is 0.000000147. The quantitative estimate of drug-likeness (QED) is 0.0299. The number of sulfonamides is 2. The van der Waals surface area contributed by atoms with Crippen LogP contribution < -0.4 is 40.1 Å². The fourth-order valence-electron chi connectivity index (χ4n) is 19.9. The molecule has 2 aliphatic carbocycles. The highest BCUT2D eigenvalue weighted by Crippen LogP contribution is 2.46. The number of morpholine rings is 1. The molecule has 5 saturated heterocycles. The number of H-pyrrole nitrogens is 1. The molecule has 0 amide bonds. The van der Waals surface area contributed by atoms with Crippen molar-refractivity contribution in [3.05, 3.63) is 232 Å². The number of fused-ring (bicyclic) bond motifs is 1. The van der Waals surface area contributed by atoms with Gasteiger partial charge in [-0.15, -0.1) is 23.4 Å². The number of hydrogen-bond acceptors (Lipinski definition) is 25.